The molecule has 1 aliphatic rings. The molecule has 1 saturated heterocycles. The van der Waals surface area contributed by atoms with Crippen LogP contribution in [0.1, 0.15) is 22.3 Å². The molecular formula is C30H29NO5S2. The second kappa shape index (κ2) is 11.2. The molecule has 8 heteroatoms. The molecule has 0 saturated carbocycles. The van der Waals surface area contributed by atoms with Gasteiger partial charge in [0.1, 0.15) is 11.5 Å². The van der Waals surface area contributed by atoms with E-state index >= 15 is 0 Å². The standard InChI is InChI=1S/C30H29NO5S2/c1-35-25-12-7-21(8-13-25)20-37-27-18-29(30(32)23-9-14-26(36-2)15-10-23)31(19-27)38(33,34)28-16-11-22-5-3-4-6-24(22)17-28/h3-17,27,29H,18-20H2,1-2H3. The van der Waals surface area contributed by atoms with Gasteiger partial charge in [0.15, 0.2) is 5.78 Å². The molecule has 0 aromatic heterocycles. The highest BCUT2D eigenvalue weighted by molar-refractivity contribution is 7.99. The number of fused-ring (bicyclic) bond motifs is 1. The van der Waals surface area contributed by atoms with E-state index in [1.165, 1.54) is 4.31 Å². The van der Waals surface area contributed by atoms with Crippen LogP contribution in [0.4, 0.5) is 0 Å². The summed E-state index contributed by atoms with van der Waals surface area (Å²) < 4.78 is 39.7. The summed E-state index contributed by atoms with van der Waals surface area (Å²) in [5.41, 5.74) is 1.58. The van der Waals surface area contributed by atoms with Gasteiger partial charge in [-0.25, -0.2) is 8.42 Å². The van der Waals surface area contributed by atoms with E-state index in [9.17, 15) is 13.2 Å². The molecule has 0 bridgehead atoms. The predicted molar refractivity (Wildman–Crippen MR) is 152 cm³/mol. The SMILES string of the molecule is COc1ccc(CSC2CC(C(=O)c3ccc(OC)cc3)N(S(=O)(=O)c3ccc4ccccc4c3)C2)cc1. The normalized spacial score (nSPS) is 17.9. The van der Waals surface area contributed by atoms with Crippen molar-refractivity contribution in [3.05, 3.63) is 102 Å². The zero-order valence-corrected chi connectivity index (χ0v) is 22.9. The fourth-order valence-electron chi connectivity index (χ4n) is 4.74. The van der Waals surface area contributed by atoms with Crippen molar-refractivity contribution < 1.29 is 22.7 Å². The van der Waals surface area contributed by atoms with Gasteiger partial charge in [-0.3, -0.25) is 4.79 Å². The molecule has 2 atom stereocenters. The van der Waals surface area contributed by atoms with E-state index in [0.29, 0.717) is 23.5 Å². The van der Waals surface area contributed by atoms with E-state index in [4.69, 9.17) is 9.47 Å². The Bertz CT molecular complexity index is 1540. The number of ether oxygens (including phenoxy) is 2. The predicted octanol–water partition coefficient (Wildman–Crippen LogP) is 5.80. The number of carbonyl (C=O) groups excluding carboxylic acids is 1. The third kappa shape index (κ3) is 5.43. The van der Waals surface area contributed by atoms with Crippen LogP contribution in [-0.4, -0.2) is 50.6 Å². The average Bonchev–Trinajstić information content (AvgIpc) is 3.41. The van der Waals surface area contributed by atoms with Gasteiger partial charge >= 0.3 is 0 Å². The van der Waals surface area contributed by atoms with Gasteiger partial charge in [-0.05, 0) is 71.3 Å². The van der Waals surface area contributed by atoms with Gasteiger partial charge < -0.3 is 9.47 Å². The van der Waals surface area contributed by atoms with Gasteiger partial charge in [0.2, 0.25) is 10.0 Å². The molecule has 0 N–H and O–H groups in total. The van der Waals surface area contributed by atoms with Gasteiger partial charge in [0.05, 0.1) is 25.2 Å². The summed E-state index contributed by atoms with van der Waals surface area (Å²) in [5.74, 6) is 1.94. The lowest BCUT2D eigenvalue weighted by Gasteiger charge is -2.23. The lowest BCUT2D eigenvalue weighted by Crippen LogP contribution is -2.40. The summed E-state index contributed by atoms with van der Waals surface area (Å²) in [6.45, 7) is 0.266. The molecule has 4 aromatic carbocycles. The number of carbonyl (C=O) groups is 1. The number of thioether (sulfide) groups is 1. The minimum Gasteiger partial charge on any atom is -0.497 e. The maximum Gasteiger partial charge on any atom is 0.243 e. The van der Waals surface area contributed by atoms with Crippen molar-refractivity contribution in [3.8, 4) is 11.5 Å². The molecule has 0 aliphatic carbocycles. The van der Waals surface area contributed by atoms with Crippen molar-refractivity contribution in [1.82, 2.24) is 4.31 Å². The topological polar surface area (TPSA) is 72.9 Å². The van der Waals surface area contributed by atoms with Crippen molar-refractivity contribution >= 4 is 38.3 Å². The Morgan fingerprint density at radius 2 is 1.50 bits per heavy atom. The lowest BCUT2D eigenvalue weighted by molar-refractivity contribution is 0.0918. The van der Waals surface area contributed by atoms with Crippen LogP contribution in [0.5, 0.6) is 11.5 Å². The molecule has 38 heavy (non-hydrogen) atoms. The van der Waals surface area contributed by atoms with Crippen molar-refractivity contribution in [3.63, 3.8) is 0 Å². The molecule has 0 amide bonds. The third-order valence-electron chi connectivity index (χ3n) is 6.87. The van der Waals surface area contributed by atoms with Gasteiger partial charge in [-0.1, -0.05) is 42.5 Å². The van der Waals surface area contributed by atoms with E-state index in [1.54, 1.807) is 62.4 Å². The highest BCUT2D eigenvalue weighted by Crippen LogP contribution is 2.36. The monoisotopic (exact) mass is 547 g/mol. The number of methoxy groups -OCH3 is 2. The van der Waals surface area contributed by atoms with Crippen molar-refractivity contribution in [2.45, 2.75) is 28.4 Å². The fraction of sp³-hybridized carbons (Fsp3) is 0.233. The molecule has 1 heterocycles. The Morgan fingerprint density at radius 1 is 0.868 bits per heavy atom. The molecule has 0 radical (unpaired) electrons. The van der Waals surface area contributed by atoms with Gasteiger partial charge in [0.25, 0.3) is 0 Å². The number of hydrogen-bond donors (Lipinski definition) is 0. The molecule has 1 fully saturated rings. The molecular weight excluding hydrogens is 518 g/mol. The van der Waals surface area contributed by atoms with Crippen LogP contribution in [0.2, 0.25) is 0 Å². The third-order valence-corrected chi connectivity index (χ3v) is 10.1. The number of benzene rings is 4. The van der Waals surface area contributed by atoms with Crippen LogP contribution in [-0.2, 0) is 15.8 Å². The molecule has 4 aromatic rings. The van der Waals surface area contributed by atoms with Crippen LogP contribution in [0, 0.1) is 0 Å². The minimum atomic E-state index is -3.91. The summed E-state index contributed by atoms with van der Waals surface area (Å²) >= 11 is 1.67. The van der Waals surface area contributed by atoms with E-state index in [2.05, 4.69) is 0 Å². The van der Waals surface area contributed by atoms with Crippen LogP contribution in [0.3, 0.4) is 0 Å². The first kappa shape index (κ1) is 26.3. The highest BCUT2D eigenvalue weighted by Gasteiger charge is 2.44. The number of ketones is 1. The largest absolute Gasteiger partial charge is 0.497 e. The second-order valence-electron chi connectivity index (χ2n) is 9.21. The van der Waals surface area contributed by atoms with Crippen LogP contribution >= 0.6 is 11.8 Å². The number of sulfonamides is 1. The number of Topliss-reactive ketones (excluding diaryl/α,β-unsaturated/α-hetero) is 1. The Morgan fingerprint density at radius 3 is 2.16 bits per heavy atom. The maximum atomic E-state index is 13.9. The summed E-state index contributed by atoms with van der Waals surface area (Å²) in [6, 6.07) is 26.7. The molecule has 196 valence electrons. The highest BCUT2D eigenvalue weighted by atomic mass is 32.2. The van der Waals surface area contributed by atoms with E-state index in [1.807, 2.05) is 54.6 Å². The fourth-order valence-corrected chi connectivity index (χ4v) is 7.72. The van der Waals surface area contributed by atoms with Crippen molar-refractivity contribution in [2.75, 3.05) is 20.8 Å². The number of nitrogens with zero attached hydrogens (tertiary/aromatic N) is 1. The van der Waals surface area contributed by atoms with Crippen LogP contribution < -0.4 is 9.47 Å². The number of rotatable bonds is 9. The quantitative estimate of drug-likeness (QED) is 0.247. The first-order chi connectivity index (χ1) is 18.4. The van der Waals surface area contributed by atoms with E-state index in [0.717, 1.165) is 22.1 Å². The Kier molecular flexibility index (Phi) is 7.74. The Balaban J connectivity index is 1.43. The summed E-state index contributed by atoms with van der Waals surface area (Å²) in [6.07, 6.45) is 0.443. The van der Waals surface area contributed by atoms with Gasteiger partial charge in [-0.2, -0.15) is 16.1 Å². The first-order valence-corrected chi connectivity index (χ1v) is 14.8. The zero-order valence-electron chi connectivity index (χ0n) is 21.2. The summed E-state index contributed by atoms with van der Waals surface area (Å²) in [7, 11) is -0.715. The number of hydrogen-bond acceptors (Lipinski definition) is 6. The molecule has 1 aliphatic heterocycles. The Hall–Kier alpha value is -3.33. The first-order valence-electron chi connectivity index (χ1n) is 12.3. The average molecular weight is 548 g/mol. The van der Waals surface area contributed by atoms with Crippen molar-refractivity contribution in [2.24, 2.45) is 0 Å². The summed E-state index contributed by atoms with van der Waals surface area (Å²) in [4.78, 5) is 13.9. The van der Waals surface area contributed by atoms with Crippen molar-refractivity contribution in [1.29, 1.82) is 0 Å². The molecule has 6 nitrogen and oxygen atoms in total. The smallest absolute Gasteiger partial charge is 0.243 e. The molecule has 5 rings (SSSR count). The molecule has 0 spiro atoms. The van der Waals surface area contributed by atoms with Crippen LogP contribution in [0.25, 0.3) is 10.8 Å². The van der Waals surface area contributed by atoms with Gasteiger partial charge in [-0.15, -0.1) is 0 Å². The van der Waals surface area contributed by atoms with E-state index in [-0.39, 0.29) is 22.5 Å². The van der Waals surface area contributed by atoms with Crippen LogP contribution in [0.15, 0.2) is 95.9 Å². The zero-order chi connectivity index (χ0) is 26.7. The van der Waals surface area contributed by atoms with Gasteiger partial charge in [0, 0.05) is 23.1 Å². The Labute approximate surface area is 227 Å². The summed E-state index contributed by atoms with van der Waals surface area (Å²) in [5, 5.41) is 1.78. The second-order valence-corrected chi connectivity index (χ2v) is 12.4. The molecule has 2 unspecified atom stereocenters. The maximum absolute atomic E-state index is 13.9. The van der Waals surface area contributed by atoms with E-state index < -0.39 is 16.1 Å². The minimum absolute atomic E-state index is 0.0282. The lowest BCUT2D eigenvalue weighted by atomic mass is 10.0.